The van der Waals surface area contributed by atoms with Crippen LogP contribution in [0.4, 0.5) is 0 Å². The van der Waals surface area contributed by atoms with Gasteiger partial charge < -0.3 is 20.3 Å². The number of aliphatic hydroxyl groups is 2. The summed E-state index contributed by atoms with van der Waals surface area (Å²) >= 11 is 0. The van der Waals surface area contributed by atoms with Crippen molar-refractivity contribution in [2.45, 2.75) is 379 Å². The van der Waals surface area contributed by atoms with Crippen molar-refractivity contribution in [3.63, 3.8) is 0 Å². The maximum Gasteiger partial charge on any atom is 0.305 e. The standard InChI is InChI=1S/C71H133NO5/c1-3-5-7-9-11-13-15-17-19-20-32-36-39-43-47-51-55-59-63-69(74)68(67-73)72-70(75)64-60-56-52-48-44-40-37-33-30-28-26-24-22-21-23-25-27-29-31-34-38-42-46-50-54-58-62-66-77-71(76)65-61-57-53-49-45-41-35-18-16-14-12-10-8-6-4-2/h18,21-22,25,27,35,59,63,68-69,73-74H,3-17,19-20,23-24,26,28-34,36-58,60-62,64-67H2,1-2H3,(H,72,75)/b22-21-,27-25-,35-18-,63-59+. The Morgan fingerprint density at radius 1 is 0.364 bits per heavy atom. The molecule has 452 valence electrons. The number of esters is 1. The van der Waals surface area contributed by atoms with Gasteiger partial charge in [0.05, 0.1) is 25.4 Å². The second-order valence-corrected chi connectivity index (χ2v) is 23.5. The van der Waals surface area contributed by atoms with Crippen molar-refractivity contribution >= 4 is 11.9 Å². The fourth-order valence-corrected chi connectivity index (χ4v) is 10.5. The number of carbonyl (C=O) groups is 2. The molecular formula is C71H133NO5. The first kappa shape index (κ1) is 74.8. The predicted molar refractivity (Wildman–Crippen MR) is 338 cm³/mol. The molecule has 0 aliphatic carbocycles. The summed E-state index contributed by atoms with van der Waals surface area (Å²) in [7, 11) is 0. The highest BCUT2D eigenvalue weighted by molar-refractivity contribution is 5.76. The summed E-state index contributed by atoms with van der Waals surface area (Å²) in [6.07, 6.45) is 86.0. The molecule has 1 amide bonds. The maximum atomic E-state index is 12.5. The fraction of sp³-hybridized carbons (Fsp3) is 0.859. The number of hydrogen-bond acceptors (Lipinski definition) is 5. The van der Waals surface area contributed by atoms with E-state index in [1.165, 1.54) is 289 Å². The number of hydrogen-bond donors (Lipinski definition) is 3. The van der Waals surface area contributed by atoms with Crippen molar-refractivity contribution in [1.29, 1.82) is 0 Å². The summed E-state index contributed by atoms with van der Waals surface area (Å²) in [5, 5.41) is 23.2. The Kier molecular flexibility index (Phi) is 64.5. The molecule has 0 aliphatic heterocycles. The average molecular weight is 1080 g/mol. The Morgan fingerprint density at radius 2 is 0.649 bits per heavy atom. The lowest BCUT2D eigenvalue weighted by molar-refractivity contribution is -0.143. The number of unbranched alkanes of at least 4 members (excludes halogenated alkanes) is 47. The summed E-state index contributed by atoms with van der Waals surface area (Å²) in [5.41, 5.74) is 0. The van der Waals surface area contributed by atoms with Gasteiger partial charge in [-0.2, -0.15) is 0 Å². The number of aliphatic hydroxyl groups excluding tert-OH is 2. The monoisotopic (exact) mass is 1080 g/mol. The van der Waals surface area contributed by atoms with Crippen molar-refractivity contribution in [3.05, 3.63) is 48.6 Å². The molecule has 0 aromatic heterocycles. The molecule has 0 spiro atoms. The maximum absolute atomic E-state index is 12.5. The van der Waals surface area contributed by atoms with Gasteiger partial charge >= 0.3 is 5.97 Å². The van der Waals surface area contributed by atoms with Crippen LogP contribution in [0.5, 0.6) is 0 Å². The summed E-state index contributed by atoms with van der Waals surface area (Å²) in [6.45, 7) is 4.91. The van der Waals surface area contributed by atoms with Gasteiger partial charge in [-0.1, -0.05) is 313 Å². The van der Waals surface area contributed by atoms with Gasteiger partial charge in [0.15, 0.2) is 0 Å². The van der Waals surface area contributed by atoms with Gasteiger partial charge in [0.25, 0.3) is 0 Å². The zero-order valence-electron chi connectivity index (χ0n) is 51.7. The first-order chi connectivity index (χ1) is 38.0. The van der Waals surface area contributed by atoms with Gasteiger partial charge in [0.2, 0.25) is 5.91 Å². The Morgan fingerprint density at radius 3 is 1.00 bits per heavy atom. The van der Waals surface area contributed by atoms with Crippen LogP contribution in [0, 0.1) is 0 Å². The van der Waals surface area contributed by atoms with E-state index < -0.39 is 12.1 Å². The SMILES string of the molecule is CCCCCCCC/C=C\CCCCCCCC(=O)OCCCCCCCCCCC/C=C\C/C=C\CCCCCCCCCCCCCC(=O)NC(CO)C(O)/C=C/CCCCCCCCCCCCCCCCCC. The molecule has 0 saturated carbocycles. The smallest absolute Gasteiger partial charge is 0.305 e. The molecule has 77 heavy (non-hydrogen) atoms. The second-order valence-electron chi connectivity index (χ2n) is 23.5. The average Bonchev–Trinajstić information content (AvgIpc) is 3.43. The zero-order chi connectivity index (χ0) is 55.7. The quantitative estimate of drug-likeness (QED) is 0.0320. The third-order valence-electron chi connectivity index (χ3n) is 15.8. The topological polar surface area (TPSA) is 95.9 Å². The molecule has 2 unspecified atom stereocenters. The van der Waals surface area contributed by atoms with E-state index in [2.05, 4.69) is 55.6 Å². The first-order valence-corrected chi connectivity index (χ1v) is 34.4. The molecule has 0 aromatic carbocycles. The summed E-state index contributed by atoms with van der Waals surface area (Å²) in [4.78, 5) is 24.6. The first-order valence-electron chi connectivity index (χ1n) is 34.4. The lowest BCUT2D eigenvalue weighted by Crippen LogP contribution is -2.45. The van der Waals surface area contributed by atoms with Crippen LogP contribution in [0.25, 0.3) is 0 Å². The fourth-order valence-electron chi connectivity index (χ4n) is 10.5. The Labute approximate surface area is 480 Å². The van der Waals surface area contributed by atoms with E-state index in [1.54, 1.807) is 6.08 Å². The van der Waals surface area contributed by atoms with E-state index in [4.69, 9.17) is 4.74 Å². The molecule has 0 aromatic rings. The Balaban J connectivity index is 3.44. The summed E-state index contributed by atoms with van der Waals surface area (Å²) in [5.74, 6) is -0.0666. The molecule has 6 nitrogen and oxygen atoms in total. The highest BCUT2D eigenvalue weighted by atomic mass is 16.5. The van der Waals surface area contributed by atoms with E-state index in [1.807, 2.05) is 6.08 Å². The number of amides is 1. The number of allylic oxidation sites excluding steroid dienone is 7. The number of carbonyl (C=O) groups excluding carboxylic acids is 2. The largest absolute Gasteiger partial charge is 0.466 e. The lowest BCUT2D eigenvalue weighted by atomic mass is 10.0. The highest BCUT2D eigenvalue weighted by Gasteiger charge is 2.18. The van der Waals surface area contributed by atoms with Gasteiger partial charge in [-0.25, -0.2) is 0 Å². The van der Waals surface area contributed by atoms with Crippen molar-refractivity contribution in [2.75, 3.05) is 13.2 Å². The van der Waals surface area contributed by atoms with Gasteiger partial charge in [-0.3, -0.25) is 9.59 Å². The molecule has 0 saturated heterocycles. The van der Waals surface area contributed by atoms with E-state index in [9.17, 15) is 19.8 Å². The third kappa shape index (κ3) is 62.9. The molecule has 6 heteroatoms. The Hall–Kier alpha value is -2.18. The van der Waals surface area contributed by atoms with Crippen molar-refractivity contribution in [3.8, 4) is 0 Å². The van der Waals surface area contributed by atoms with Crippen molar-refractivity contribution in [2.24, 2.45) is 0 Å². The third-order valence-corrected chi connectivity index (χ3v) is 15.8. The van der Waals surface area contributed by atoms with E-state index >= 15 is 0 Å². The van der Waals surface area contributed by atoms with Gasteiger partial charge in [0.1, 0.15) is 0 Å². The van der Waals surface area contributed by atoms with Crippen LogP contribution < -0.4 is 5.32 Å². The highest BCUT2D eigenvalue weighted by Crippen LogP contribution is 2.17. The molecule has 3 N–H and O–H groups in total. The van der Waals surface area contributed by atoms with Crippen LogP contribution >= 0.6 is 0 Å². The zero-order valence-corrected chi connectivity index (χ0v) is 51.7. The van der Waals surface area contributed by atoms with Crippen LogP contribution in [0.3, 0.4) is 0 Å². The summed E-state index contributed by atoms with van der Waals surface area (Å²) in [6, 6.07) is -0.632. The summed E-state index contributed by atoms with van der Waals surface area (Å²) < 4.78 is 5.48. The number of nitrogens with one attached hydrogen (secondary N) is 1. The van der Waals surface area contributed by atoms with Crippen LogP contribution in [-0.2, 0) is 14.3 Å². The normalized spacial score (nSPS) is 12.8. The van der Waals surface area contributed by atoms with Gasteiger partial charge in [0, 0.05) is 12.8 Å². The molecular weight excluding hydrogens is 947 g/mol. The molecule has 0 radical (unpaired) electrons. The van der Waals surface area contributed by atoms with Crippen LogP contribution in [0.2, 0.25) is 0 Å². The van der Waals surface area contributed by atoms with Crippen LogP contribution in [0.15, 0.2) is 48.6 Å². The molecule has 0 aliphatic rings. The molecule has 0 fully saturated rings. The minimum atomic E-state index is -0.848. The molecule has 0 rings (SSSR count). The van der Waals surface area contributed by atoms with Crippen LogP contribution in [-0.4, -0.2) is 47.4 Å². The van der Waals surface area contributed by atoms with E-state index in [-0.39, 0.29) is 18.5 Å². The lowest BCUT2D eigenvalue weighted by Gasteiger charge is -2.20. The molecule has 0 bridgehead atoms. The molecule has 0 heterocycles. The van der Waals surface area contributed by atoms with Gasteiger partial charge in [-0.15, -0.1) is 0 Å². The van der Waals surface area contributed by atoms with Gasteiger partial charge in [-0.05, 0) is 89.9 Å². The second kappa shape index (κ2) is 66.3. The van der Waals surface area contributed by atoms with E-state index in [0.717, 1.165) is 51.4 Å². The van der Waals surface area contributed by atoms with Crippen molar-refractivity contribution < 1.29 is 24.5 Å². The number of ether oxygens (including phenoxy) is 1. The van der Waals surface area contributed by atoms with Crippen LogP contribution in [0.1, 0.15) is 367 Å². The predicted octanol–water partition coefficient (Wildman–Crippen LogP) is 22.1. The minimum absolute atomic E-state index is 0.00237. The van der Waals surface area contributed by atoms with E-state index in [0.29, 0.717) is 19.4 Å². The number of rotatable bonds is 64. The van der Waals surface area contributed by atoms with Crippen molar-refractivity contribution in [1.82, 2.24) is 5.32 Å². The molecule has 2 atom stereocenters. The Bertz CT molecular complexity index is 1290. The minimum Gasteiger partial charge on any atom is -0.466 e.